The summed E-state index contributed by atoms with van der Waals surface area (Å²) < 4.78 is 5.92. The number of fused-ring (bicyclic) bond motifs is 1. The van der Waals surface area contributed by atoms with Crippen LogP contribution in [0.15, 0.2) is 18.2 Å². The first-order valence-electron chi connectivity index (χ1n) is 7.33. The van der Waals surface area contributed by atoms with Crippen molar-refractivity contribution < 1.29 is 14.6 Å². The molecule has 0 bridgehead atoms. The average Bonchev–Trinajstić information content (AvgIpc) is 2.42. The maximum Gasteiger partial charge on any atom is 0.224 e. The number of hydrogen-bond acceptors (Lipinski definition) is 4. The summed E-state index contributed by atoms with van der Waals surface area (Å²) in [7, 11) is 0. The highest BCUT2D eigenvalue weighted by Gasteiger charge is 2.33. The predicted molar refractivity (Wildman–Crippen MR) is 82.4 cm³/mol. The number of hydrogen-bond donors (Lipinski definition) is 2. The van der Waals surface area contributed by atoms with Gasteiger partial charge in [0.25, 0.3) is 0 Å². The van der Waals surface area contributed by atoms with Crippen LogP contribution in [0.4, 0.5) is 5.69 Å². The number of nitrogens with zero attached hydrogens (tertiary/aromatic N) is 1. The molecule has 1 atom stereocenters. The minimum atomic E-state index is -0.567. The summed E-state index contributed by atoms with van der Waals surface area (Å²) in [4.78, 5) is 13.6. The van der Waals surface area contributed by atoms with Crippen molar-refractivity contribution in [3.63, 3.8) is 0 Å². The predicted octanol–water partition coefficient (Wildman–Crippen LogP) is 1.98. The van der Waals surface area contributed by atoms with Crippen LogP contribution in [0.2, 0.25) is 0 Å². The van der Waals surface area contributed by atoms with E-state index in [0.717, 1.165) is 17.7 Å². The Balaban J connectivity index is 2.33. The lowest BCUT2D eigenvalue weighted by Crippen LogP contribution is -2.48. The fraction of sp³-hybridized carbons (Fsp3) is 0.562. The van der Waals surface area contributed by atoms with E-state index in [-0.39, 0.29) is 5.91 Å². The van der Waals surface area contributed by atoms with Gasteiger partial charge in [-0.25, -0.2) is 0 Å². The molecule has 1 amide bonds. The van der Waals surface area contributed by atoms with Crippen LogP contribution in [-0.4, -0.2) is 29.7 Å². The van der Waals surface area contributed by atoms with Crippen LogP contribution in [0, 0.1) is 0 Å². The van der Waals surface area contributed by atoms with Crippen LogP contribution in [-0.2, 0) is 4.79 Å². The van der Waals surface area contributed by atoms with E-state index in [2.05, 4.69) is 0 Å². The molecule has 3 N–H and O–H groups in total. The molecular formula is C16H24N2O3. The zero-order valence-electron chi connectivity index (χ0n) is 12.9. The van der Waals surface area contributed by atoms with Gasteiger partial charge in [0.15, 0.2) is 0 Å². The van der Waals surface area contributed by atoms with Gasteiger partial charge in [-0.05, 0) is 50.9 Å². The van der Waals surface area contributed by atoms with Crippen molar-refractivity contribution in [2.45, 2.75) is 45.3 Å². The summed E-state index contributed by atoms with van der Waals surface area (Å²) in [5.74, 6) is 0.650. The van der Waals surface area contributed by atoms with E-state index in [0.29, 0.717) is 25.3 Å². The molecule has 0 saturated carbocycles. The van der Waals surface area contributed by atoms with Gasteiger partial charge in [0.1, 0.15) is 11.4 Å². The molecule has 1 aromatic rings. The Morgan fingerprint density at radius 1 is 1.52 bits per heavy atom. The fourth-order valence-corrected chi connectivity index (χ4v) is 2.59. The highest BCUT2D eigenvalue weighted by Crippen LogP contribution is 2.39. The molecule has 1 aliphatic heterocycles. The molecule has 5 nitrogen and oxygen atoms in total. The Labute approximate surface area is 125 Å². The molecule has 1 unspecified atom stereocenters. The molecule has 0 radical (unpaired) electrons. The Morgan fingerprint density at radius 2 is 2.24 bits per heavy atom. The maximum absolute atomic E-state index is 11.9. The lowest BCUT2D eigenvalue weighted by molar-refractivity contribution is -0.117. The second-order valence-electron chi connectivity index (χ2n) is 6.14. The zero-order chi connectivity index (χ0) is 15.6. The van der Waals surface area contributed by atoms with Gasteiger partial charge in [-0.1, -0.05) is 6.07 Å². The third kappa shape index (κ3) is 3.54. The number of ether oxygens (including phenoxy) is 1. The third-order valence-corrected chi connectivity index (χ3v) is 3.65. The SMILES string of the molecule is CC(=O)N1CC(C)(C)Oc2ccc(C(O)CCCN)cc21. The van der Waals surface area contributed by atoms with E-state index in [9.17, 15) is 9.90 Å². The quantitative estimate of drug-likeness (QED) is 0.889. The van der Waals surface area contributed by atoms with E-state index in [4.69, 9.17) is 10.5 Å². The monoisotopic (exact) mass is 292 g/mol. The summed E-state index contributed by atoms with van der Waals surface area (Å²) >= 11 is 0. The second-order valence-corrected chi connectivity index (χ2v) is 6.14. The molecule has 0 aromatic heterocycles. The lowest BCUT2D eigenvalue weighted by atomic mass is 10.0. The van der Waals surface area contributed by atoms with Crippen LogP contribution in [0.25, 0.3) is 0 Å². The van der Waals surface area contributed by atoms with Crippen LogP contribution in [0.1, 0.15) is 45.3 Å². The van der Waals surface area contributed by atoms with Gasteiger partial charge < -0.3 is 20.5 Å². The van der Waals surface area contributed by atoms with Crippen LogP contribution in [0.5, 0.6) is 5.75 Å². The molecule has 5 heteroatoms. The number of amides is 1. The molecule has 0 saturated heterocycles. The van der Waals surface area contributed by atoms with Crippen molar-refractivity contribution in [2.24, 2.45) is 5.73 Å². The van der Waals surface area contributed by atoms with Gasteiger partial charge in [-0.3, -0.25) is 4.79 Å². The first-order valence-corrected chi connectivity index (χ1v) is 7.33. The number of benzene rings is 1. The number of carbonyl (C=O) groups excluding carboxylic acids is 1. The van der Waals surface area contributed by atoms with Crippen molar-refractivity contribution in [1.82, 2.24) is 0 Å². The number of aliphatic hydroxyl groups excluding tert-OH is 1. The van der Waals surface area contributed by atoms with Crippen molar-refractivity contribution >= 4 is 11.6 Å². The van der Waals surface area contributed by atoms with Crippen molar-refractivity contribution in [3.05, 3.63) is 23.8 Å². The fourth-order valence-electron chi connectivity index (χ4n) is 2.59. The highest BCUT2D eigenvalue weighted by molar-refractivity contribution is 5.94. The van der Waals surface area contributed by atoms with Crippen molar-refractivity contribution in [3.8, 4) is 5.75 Å². The van der Waals surface area contributed by atoms with Gasteiger partial charge in [0.2, 0.25) is 5.91 Å². The van der Waals surface area contributed by atoms with Gasteiger partial charge in [0, 0.05) is 6.92 Å². The van der Waals surface area contributed by atoms with E-state index in [1.165, 1.54) is 0 Å². The third-order valence-electron chi connectivity index (χ3n) is 3.65. The minimum absolute atomic E-state index is 0.0266. The van der Waals surface area contributed by atoms with E-state index < -0.39 is 11.7 Å². The van der Waals surface area contributed by atoms with Crippen LogP contribution in [0.3, 0.4) is 0 Å². The summed E-state index contributed by atoms with van der Waals surface area (Å²) in [6, 6.07) is 5.51. The molecule has 1 aliphatic rings. The van der Waals surface area contributed by atoms with Gasteiger partial charge in [-0.15, -0.1) is 0 Å². The smallest absolute Gasteiger partial charge is 0.224 e. The molecule has 0 aliphatic carbocycles. The molecule has 116 valence electrons. The molecule has 1 heterocycles. The van der Waals surface area contributed by atoms with Crippen molar-refractivity contribution in [2.75, 3.05) is 18.0 Å². The normalized spacial score (nSPS) is 17.9. The standard InChI is InChI=1S/C16H24N2O3/c1-11(19)18-10-16(2,3)21-15-7-6-12(9-13(15)18)14(20)5-4-8-17/h6-7,9,14,20H,4-5,8,10,17H2,1-3H3. The molecule has 1 aromatic carbocycles. The van der Waals surface area contributed by atoms with Crippen LogP contribution < -0.4 is 15.4 Å². The Kier molecular flexibility index (Phi) is 4.54. The minimum Gasteiger partial charge on any atom is -0.484 e. The summed E-state index contributed by atoms with van der Waals surface area (Å²) in [6.07, 6.45) is 0.808. The maximum atomic E-state index is 11.9. The Bertz CT molecular complexity index is 528. The number of carbonyl (C=O) groups is 1. The lowest BCUT2D eigenvalue weighted by Gasteiger charge is -2.39. The first kappa shape index (κ1) is 15.8. The van der Waals surface area contributed by atoms with E-state index in [1.807, 2.05) is 32.0 Å². The van der Waals surface area contributed by atoms with Crippen LogP contribution >= 0.6 is 0 Å². The Morgan fingerprint density at radius 3 is 2.86 bits per heavy atom. The number of aliphatic hydroxyl groups is 1. The molecule has 21 heavy (non-hydrogen) atoms. The van der Waals surface area contributed by atoms with Gasteiger partial charge >= 0.3 is 0 Å². The first-order chi connectivity index (χ1) is 9.84. The number of anilines is 1. The topological polar surface area (TPSA) is 75.8 Å². The molecule has 2 rings (SSSR count). The van der Waals surface area contributed by atoms with E-state index >= 15 is 0 Å². The van der Waals surface area contributed by atoms with Gasteiger partial charge in [-0.2, -0.15) is 0 Å². The Hall–Kier alpha value is -1.59. The van der Waals surface area contributed by atoms with E-state index in [1.54, 1.807) is 11.8 Å². The summed E-state index contributed by atoms with van der Waals surface area (Å²) in [6.45, 7) is 6.50. The van der Waals surface area contributed by atoms with Crippen molar-refractivity contribution in [1.29, 1.82) is 0 Å². The molecule has 0 spiro atoms. The number of nitrogens with two attached hydrogens (primary N) is 1. The molecule has 0 fully saturated rings. The second kappa shape index (κ2) is 6.03. The average molecular weight is 292 g/mol. The summed E-state index contributed by atoms with van der Waals surface area (Å²) in [5, 5.41) is 10.2. The largest absolute Gasteiger partial charge is 0.484 e. The van der Waals surface area contributed by atoms with Gasteiger partial charge in [0.05, 0.1) is 18.3 Å². The highest BCUT2D eigenvalue weighted by atomic mass is 16.5. The zero-order valence-corrected chi connectivity index (χ0v) is 12.9. The summed E-state index contributed by atoms with van der Waals surface area (Å²) in [5.41, 5.74) is 6.57. The number of rotatable bonds is 4. The molecular weight excluding hydrogens is 268 g/mol.